The zero-order valence-electron chi connectivity index (χ0n) is 19.7. The highest BCUT2D eigenvalue weighted by atomic mass is 32.2. The average molecular weight is 436 g/mol. The molecule has 2 atom stereocenters. The molecule has 1 amide bonds. The second kappa shape index (κ2) is 9.27. The van der Waals surface area contributed by atoms with E-state index in [4.69, 9.17) is 4.74 Å². The largest absolute Gasteiger partial charge is 0.591 e. The summed E-state index contributed by atoms with van der Waals surface area (Å²) in [4.78, 5) is 18.9. The molecule has 0 radical (unpaired) electrons. The maximum absolute atomic E-state index is 12.7. The molecule has 1 aliphatic rings. The van der Waals surface area contributed by atoms with E-state index in [9.17, 15) is 9.35 Å². The lowest BCUT2D eigenvalue weighted by atomic mass is 9.92. The van der Waals surface area contributed by atoms with Gasteiger partial charge in [-0.25, -0.2) is 4.79 Å². The molecular weight excluding hydrogens is 398 g/mol. The number of aromatic nitrogens is 1. The Morgan fingerprint density at radius 1 is 1.30 bits per heavy atom. The van der Waals surface area contributed by atoms with E-state index in [1.807, 2.05) is 64.6 Å². The molecule has 2 rings (SSSR count). The summed E-state index contributed by atoms with van der Waals surface area (Å²) in [5.41, 5.74) is 0.749. The van der Waals surface area contributed by atoms with E-state index in [0.29, 0.717) is 18.9 Å². The Bertz CT molecular complexity index is 751. The number of nitrogens with zero attached hydrogens (tertiary/aromatic N) is 3. The van der Waals surface area contributed by atoms with Crippen LogP contribution in [0.25, 0.3) is 0 Å². The second-order valence-electron chi connectivity index (χ2n) is 10.6. The lowest BCUT2D eigenvalue weighted by Crippen LogP contribution is -2.45. The Balaban J connectivity index is 2.12. The van der Waals surface area contributed by atoms with Gasteiger partial charge in [-0.2, -0.15) is 0 Å². The van der Waals surface area contributed by atoms with Gasteiger partial charge in [0.15, 0.2) is 0 Å². The number of hydrogen-bond donors (Lipinski definition) is 0. The summed E-state index contributed by atoms with van der Waals surface area (Å²) in [6.07, 6.45) is 3.88. The third-order valence-electron chi connectivity index (χ3n) is 5.04. The van der Waals surface area contributed by atoms with Crippen LogP contribution < -0.4 is 0 Å². The number of carbonyl (C=O) groups is 1. The van der Waals surface area contributed by atoms with Gasteiger partial charge in [0.05, 0.1) is 5.69 Å². The van der Waals surface area contributed by atoms with Gasteiger partial charge in [-0.05, 0) is 92.7 Å². The standard InChI is InChI=1S/C23H37N3O3S/c1-21(2,3)29-20(27)26-16-17(15-23(26,7)8)12-13-19(18-11-9-10-14-24-18)25-30(28)22(4,5)6/h9-11,14,17H,12-13,15-16H2,1-8H3/b25-19+/t17-,30?/m0/s1. The Morgan fingerprint density at radius 3 is 2.50 bits per heavy atom. The fraction of sp³-hybridized carbons (Fsp3) is 0.696. The molecule has 2 heterocycles. The third-order valence-corrected chi connectivity index (χ3v) is 6.47. The highest BCUT2D eigenvalue weighted by Gasteiger charge is 2.42. The molecule has 1 unspecified atom stereocenters. The molecule has 0 N–H and O–H groups in total. The first-order valence-electron chi connectivity index (χ1n) is 10.6. The average Bonchev–Trinajstić information content (AvgIpc) is 2.91. The molecule has 30 heavy (non-hydrogen) atoms. The van der Waals surface area contributed by atoms with E-state index in [1.54, 1.807) is 6.20 Å². The number of carbonyl (C=O) groups excluding carboxylic acids is 1. The van der Waals surface area contributed by atoms with E-state index in [0.717, 1.165) is 24.2 Å². The fourth-order valence-electron chi connectivity index (χ4n) is 3.55. The van der Waals surface area contributed by atoms with Crippen LogP contribution in [-0.4, -0.2) is 48.7 Å². The minimum absolute atomic E-state index is 0.260. The van der Waals surface area contributed by atoms with Crippen molar-refractivity contribution in [2.45, 2.75) is 90.5 Å². The van der Waals surface area contributed by atoms with Crippen molar-refractivity contribution in [2.24, 2.45) is 10.3 Å². The van der Waals surface area contributed by atoms with E-state index in [1.165, 1.54) is 0 Å². The smallest absolute Gasteiger partial charge is 0.410 e. The molecule has 1 aliphatic heterocycles. The molecule has 0 aliphatic carbocycles. The number of pyridine rings is 1. The molecule has 1 saturated heterocycles. The van der Waals surface area contributed by atoms with Crippen LogP contribution in [0.4, 0.5) is 4.79 Å². The normalized spacial score (nSPS) is 20.9. The van der Waals surface area contributed by atoms with Crippen LogP contribution in [-0.2, 0) is 16.1 Å². The lowest BCUT2D eigenvalue weighted by Gasteiger charge is -2.33. The minimum Gasteiger partial charge on any atom is -0.591 e. The summed E-state index contributed by atoms with van der Waals surface area (Å²) in [7, 11) is 0. The molecule has 1 aromatic rings. The molecule has 0 spiro atoms. The monoisotopic (exact) mass is 435 g/mol. The van der Waals surface area contributed by atoms with Gasteiger partial charge in [0, 0.05) is 18.3 Å². The second-order valence-corrected chi connectivity index (χ2v) is 12.5. The van der Waals surface area contributed by atoms with E-state index in [2.05, 4.69) is 23.2 Å². The summed E-state index contributed by atoms with van der Waals surface area (Å²) in [6.45, 7) is 16.2. The highest BCUT2D eigenvalue weighted by Crippen LogP contribution is 2.36. The Hall–Kier alpha value is -1.60. The van der Waals surface area contributed by atoms with Crippen LogP contribution in [0.3, 0.4) is 0 Å². The van der Waals surface area contributed by atoms with Crippen molar-refractivity contribution in [3.05, 3.63) is 30.1 Å². The van der Waals surface area contributed by atoms with Crippen molar-refractivity contribution in [3.63, 3.8) is 0 Å². The molecule has 6 nitrogen and oxygen atoms in total. The molecular formula is C23H37N3O3S. The van der Waals surface area contributed by atoms with Crippen LogP contribution in [0.2, 0.25) is 0 Å². The first-order chi connectivity index (χ1) is 13.7. The number of ether oxygens (including phenoxy) is 1. The number of amides is 1. The first-order valence-corrected chi connectivity index (χ1v) is 11.7. The zero-order chi connectivity index (χ0) is 22.7. The van der Waals surface area contributed by atoms with Crippen LogP contribution in [0, 0.1) is 5.92 Å². The topological polar surface area (TPSA) is 77.8 Å². The van der Waals surface area contributed by atoms with Crippen LogP contribution >= 0.6 is 0 Å². The van der Waals surface area contributed by atoms with Gasteiger partial charge in [0.25, 0.3) is 0 Å². The van der Waals surface area contributed by atoms with Gasteiger partial charge in [-0.1, -0.05) is 10.5 Å². The van der Waals surface area contributed by atoms with E-state index in [-0.39, 0.29) is 11.6 Å². The maximum Gasteiger partial charge on any atom is 0.410 e. The maximum atomic E-state index is 12.7. The lowest BCUT2D eigenvalue weighted by molar-refractivity contribution is 0.0131. The van der Waals surface area contributed by atoms with Gasteiger partial charge in [0.2, 0.25) is 0 Å². The van der Waals surface area contributed by atoms with Gasteiger partial charge < -0.3 is 14.2 Å². The van der Waals surface area contributed by atoms with Crippen molar-refractivity contribution in [1.29, 1.82) is 0 Å². The van der Waals surface area contributed by atoms with Gasteiger partial charge in [-0.3, -0.25) is 4.98 Å². The summed E-state index contributed by atoms with van der Waals surface area (Å²) < 4.78 is 22.4. The molecule has 0 aromatic carbocycles. The molecule has 1 fully saturated rings. The first kappa shape index (κ1) is 24.7. The van der Waals surface area contributed by atoms with Gasteiger partial charge in [0.1, 0.15) is 27.4 Å². The van der Waals surface area contributed by atoms with Crippen LogP contribution in [0.1, 0.15) is 80.3 Å². The van der Waals surface area contributed by atoms with E-state index >= 15 is 0 Å². The van der Waals surface area contributed by atoms with Crippen LogP contribution in [0.5, 0.6) is 0 Å². The van der Waals surface area contributed by atoms with Crippen molar-refractivity contribution >= 4 is 23.2 Å². The number of hydrogen-bond acceptors (Lipinski definition) is 5. The Labute approximate surface area is 184 Å². The van der Waals surface area contributed by atoms with Crippen LogP contribution in [0.15, 0.2) is 28.8 Å². The minimum atomic E-state index is -1.35. The van der Waals surface area contributed by atoms with Crippen molar-refractivity contribution in [1.82, 2.24) is 9.88 Å². The quantitative estimate of drug-likeness (QED) is 0.473. The summed E-state index contributed by atoms with van der Waals surface area (Å²) in [5, 5.41) is 0. The summed E-state index contributed by atoms with van der Waals surface area (Å²) in [6, 6.07) is 5.69. The Morgan fingerprint density at radius 2 is 1.97 bits per heavy atom. The van der Waals surface area contributed by atoms with Crippen molar-refractivity contribution in [3.8, 4) is 0 Å². The highest BCUT2D eigenvalue weighted by molar-refractivity contribution is 7.91. The third kappa shape index (κ3) is 6.98. The molecule has 1 aromatic heterocycles. The molecule has 7 heteroatoms. The van der Waals surface area contributed by atoms with Gasteiger partial charge in [-0.15, -0.1) is 0 Å². The zero-order valence-corrected chi connectivity index (χ0v) is 20.5. The van der Waals surface area contributed by atoms with E-state index < -0.39 is 21.7 Å². The van der Waals surface area contributed by atoms with Crippen molar-refractivity contribution < 1.29 is 14.1 Å². The Kier molecular flexibility index (Phi) is 7.62. The predicted octanol–water partition coefficient (Wildman–Crippen LogP) is 5.15. The molecule has 168 valence electrons. The summed E-state index contributed by atoms with van der Waals surface area (Å²) in [5.74, 6) is 0.324. The van der Waals surface area contributed by atoms with Crippen molar-refractivity contribution in [2.75, 3.05) is 6.54 Å². The number of likely N-dealkylation sites (tertiary alicyclic amines) is 1. The fourth-order valence-corrected chi connectivity index (χ4v) is 4.21. The molecule has 0 bridgehead atoms. The SMILES string of the molecule is CC(C)(C)OC(=O)N1C[C@@H](CC/C(=N\[S+]([O-])C(C)(C)C)c2ccccn2)CC1(C)C. The molecule has 0 saturated carbocycles. The number of rotatable bonds is 5. The van der Waals surface area contributed by atoms with Gasteiger partial charge >= 0.3 is 6.09 Å². The summed E-state index contributed by atoms with van der Waals surface area (Å²) >= 11 is -1.35. The predicted molar refractivity (Wildman–Crippen MR) is 123 cm³/mol.